The van der Waals surface area contributed by atoms with E-state index >= 15 is 0 Å². The molecule has 0 radical (unpaired) electrons. The van der Waals surface area contributed by atoms with Gasteiger partial charge in [0.25, 0.3) is 0 Å². The van der Waals surface area contributed by atoms with E-state index in [0.29, 0.717) is 6.42 Å². The van der Waals surface area contributed by atoms with E-state index in [1.54, 1.807) is 0 Å². The van der Waals surface area contributed by atoms with Crippen LogP contribution in [0, 0.1) is 5.41 Å². The van der Waals surface area contributed by atoms with Gasteiger partial charge in [0.2, 0.25) is 0 Å². The molecular formula is C13H25NO2. The molecule has 16 heavy (non-hydrogen) atoms. The molecule has 3 heteroatoms. The fraction of sp³-hybridized carbons (Fsp3) is 0.923. The van der Waals surface area contributed by atoms with E-state index in [0.717, 1.165) is 19.4 Å². The van der Waals surface area contributed by atoms with Crippen LogP contribution in [0.4, 0.5) is 0 Å². The molecule has 1 rings (SSSR count). The zero-order valence-electron chi connectivity index (χ0n) is 10.8. The van der Waals surface area contributed by atoms with Gasteiger partial charge in [0, 0.05) is 12.1 Å². The van der Waals surface area contributed by atoms with E-state index in [1.807, 2.05) is 0 Å². The van der Waals surface area contributed by atoms with Crippen LogP contribution in [0.1, 0.15) is 59.3 Å². The van der Waals surface area contributed by atoms with Gasteiger partial charge in [-0.15, -0.1) is 0 Å². The van der Waals surface area contributed by atoms with E-state index < -0.39 is 5.97 Å². The van der Waals surface area contributed by atoms with E-state index in [-0.39, 0.29) is 11.0 Å². The fourth-order valence-corrected chi connectivity index (χ4v) is 2.49. The summed E-state index contributed by atoms with van der Waals surface area (Å²) >= 11 is 0. The predicted molar refractivity (Wildman–Crippen MR) is 65.5 cm³/mol. The molecule has 1 saturated carbocycles. The normalized spacial score (nSPS) is 20.7. The molecule has 1 aliphatic carbocycles. The molecule has 0 aromatic carbocycles. The SMILES string of the molecule is CC(C)(C)NCC1(CC(=O)O)CCCCC1. The first-order chi connectivity index (χ1) is 7.33. The fourth-order valence-electron chi connectivity index (χ4n) is 2.49. The Morgan fingerprint density at radius 1 is 1.25 bits per heavy atom. The van der Waals surface area contributed by atoms with Crippen LogP contribution in [0.3, 0.4) is 0 Å². The Balaban J connectivity index is 2.59. The van der Waals surface area contributed by atoms with Gasteiger partial charge in [-0.1, -0.05) is 19.3 Å². The molecular weight excluding hydrogens is 202 g/mol. The average Bonchev–Trinajstić information content (AvgIpc) is 2.14. The summed E-state index contributed by atoms with van der Waals surface area (Å²) < 4.78 is 0. The summed E-state index contributed by atoms with van der Waals surface area (Å²) in [7, 11) is 0. The third kappa shape index (κ3) is 4.52. The summed E-state index contributed by atoms with van der Waals surface area (Å²) in [5.41, 5.74) is 0.0698. The molecule has 0 heterocycles. The largest absolute Gasteiger partial charge is 0.481 e. The minimum atomic E-state index is -0.655. The summed E-state index contributed by atoms with van der Waals surface area (Å²) in [6.45, 7) is 7.22. The van der Waals surface area contributed by atoms with E-state index in [9.17, 15) is 4.79 Å². The lowest BCUT2D eigenvalue weighted by Crippen LogP contribution is -2.45. The number of carbonyl (C=O) groups is 1. The lowest BCUT2D eigenvalue weighted by Gasteiger charge is -2.38. The number of carboxylic acid groups (broad SMARTS) is 1. The quantitative estimate of drug-likeness (QED) is 0.776. The maximum atomic E-state index is 11.0. The highest BCUT2D eigenvalue weighted by atomic mass is 16.4. The van der Waals surface area contributed by atoms with E-state index in [2.05, 4.69) is 26.1 Å². The second kappa shape index (κ2) is 5.17. The Labute approximate surface area is 98.6 Å². The van der Waals surface area contributed by atoms with Crippen LogP contribution in [0.25, 0.3) is 0 Å². The summed E-state index contributed by atoms with van der Waals surface area (Å²) in [6.07, 6.45) is 6.05. The smallest absolute Gasteiger partial charge is 0.303 e. The highest BCUT2D eigenvalue weighted by Gasteiger charge is 2.34. The van der Waals surface area contributed by atoms with E-state index in [4.69, 9.17) is 5.11 Å². The van der Waals surface area contributed by atoms with Crippen molar-refractivity contribution in [3.63, 3.8) is 0 Å². The van der Waals surface area contributed by atoms with Gasteiger partial charge >= 0.3 is 5.97 Å². The van der Waals surface area contributed by atoms with Gasteiger partial charge in [0.05, 0.1) is 6.42 Å². The van der Waals surface area contributed by atoms with Crippen LogP contribution in [-0.2, 0) is 4.79 Å². The summed E-state index contributed by atoms with van der Waals surface area (Å²) in [6, 6.07) is 0. The number of hydrogen-bond acceptors (Lipinski definition) is 2. The third-order valence-electron chi connectivity index (χ3n) is 3.43. The van der Waals surface area contributed by atoms with Crippen molar-refractivity contribution in [3.8, 4) is 0 Å². The van der Waals surface area contributed by atoms with Gasteiger partial charge in [-0.3, -0.25) is 4.79 Å². The summed E-state index contributed by atoms with van der Waals surface area (Å²) in [4.78, 5) is 11.0. The van der Waals surface area contributed by atoms with Gasteiger partial charge in [-0.05, 0) is 39.0 Å². The molecule has 0 unspecified atom stereocenters. The number of rotatable bonds is 4. The molecule has 0 spiro atoms. The van der Waals surface area contributed by atoms with Crippen molar-refractivity contribution in [2.24, 2.45) is 5.41 Å². The van der Waals surface area contributed by atoms with Crippen molar-refractivity contribution in [2.45, 2.75) is 64.8 Å². The summed E-state index contributed by atoms with van der Waals surface area (Å²) in [5, 5.41) is 12.5. The number of carboxylic acids is 1. The molecule has 0 atom stereocenters. The first-order valence-corrected chi connectivity index (χ1v) is 6.30. The molecule has 1 fully saturated rings. The van der Waals surface area contributed by atoms with E-state index in [1.165, 1.54) is 19.3 Å². The molecule has 0 aliphatic heterocycles. The Morgan fingerprint density at radius 3 is 2.25 bits per heavy atom. The molecule has 0 aromatic rings. The van der Waals surface area contributed by atoms with Crippen LogP contribution in [-0.4, -0.2) is 23.2 Å². The minimum Gasteiger partial charge on any atom is -0.481 e. The van der Waals surface area contributed by atoms with Crippen molar-refractivity contribution in [3.05, 3.63) is 0 Å². The zero-order chi connectivity index (χ0) is 12.2. The van der Waals surface area contributed by atoms with Crippen LogP contribution in [0.2, 0.25) is 0 Å². The van der Waals surface area contributed by atoms with Crippen molar-refractivity contribution >= 4 is 5.97 Å². The third-order valence-corrected chi connectivity index (χ3v) is 3.43. The van der Waals surface area contributed by atoms with Gasteiger partial charge in [-0.2, -0.15) is 0 Å². The number of hydrogen-bond donors (Lipinski definition) is 2. The molecule has 3 nitrogen and oxygen atoms in total. The zero-order valence-corrected chi connectivity index (χ0v) is 10.8. The highest BCUT2D eigenvalue weighted by molar-refractivity contribution is 5.67. The van der Waals surface area contributed by atoms with Crippen molar-refractivity contribution in [1.29, 1.82) is 0 Å². The van der Waals surface area contributed by atoms with Gasteiger partial charge in [-0.25, -0.2) is 0 Å². The lowest BCUT2D eigenvalue weighted by atomic mass is 9.71. The Kier molecular flexibility index (Phi) is 4.36. The minimum absolute atomic E-state index is 0.00262. The summed E-state index contributed by atoms with van der Waals surface area (Å²) in [5.74, 6) is -0.655. The van der Waals surface area contributed by atoms with Gasteiger partial charge in [0.1, 0.15) is 0 Å². The number of aliphatic carboxylic acids is 1. The molecule has 1 aliphatic rings. The second-order valence-corrected chi connectivity index (χ2v) is 6.23. The first kappa shape index (κ1) is 13.5. The molecule has 0 saturated heterocycles. The maximum absolute atomic E-state index is 11.0. The van der Waals surface area contributed by atoms with Gasteiger partial charge < -0.3 is 10.4 Å². The lowest BCUT2D eigenvalue weighted by molar-refractivity contribution is -0.140. The first-order valence-electron chi connectivity index (χ1n) is 6.30. The Morgan fingerprint density at radius 2 is 1.81 bits per heavy atom. The number of nitrogens with one attached hydrogen (secondary N) is 1. The maximum Gasteiger partial charge on any atom is 0.303 e. The molecule has 94 valence electrons. The van der Waals surface area contributed by atoms with Crippen LogP contribution in [0.5, 0.6) is 0 Å². The standard InChI is InChI=1S/C13H25NO2/c1-12(2,3)14-10-13(9-11(15)16)7-5-4-6-8-13/h14H,4-10H2,1-3H3,(H,15,16). The molecule has 0 amide bonds. The predicted octanol–water partition coefficient (Wildman–Crippen LogP) is 2.80. The van der Waals surface area contributed by atoms with Crippen LogP contribution in [0.15, 0.2) is 0 Å². The Hall–Kier alpha value is -0.570. The molecule has 2 N–H and O–H groups in total. The van der Waals surface area contributed by atoms with Crippen LogP contribution >= 0.6 is 0 Å². The van der Waals surface area contributed by atoms with Crippen molar-refractivity contribution < 1.29 is 9.90 Å². The van der Waals surface area contributed by atoms with Crippen molar-refractivity contribution in [2.75, 3.05) is 6.54 Å². The monoisotopic (exact) mass is 227 g/mol. The van der Waals surface area contributed by atoms with Crippen LogP contribution < -0.4 is 5.32 Å². The Bertz CT molecular complexity index is 237. The topological polar surface area (TPSA) is 49.3 Å². The second-order valence-electron chi connectivity index (χ2n) is 6.23. The molecule has 0 aromatic heterocycles. The molecule has 0 bridgehead atoms. The highest BCUT2D eigenvalue weighted by Crippen LogP contribution is 2.39. The van der Waals surface area contributed by atoms with Gasteiger partial charge in [0.15, 0.2) is 0 Å². The van der Waals surface area contributed by atoms with Crippen molar-refractivity contribution in [1.82, 2.24) is 5.32 Å². The average molecular weight is 227 g/mol.